The Balaban J connectivity index is 1.96. The van der Waals surface area contributed by atoms with E-state index in [9.17, 15) is 15.3 Å². The molecule has 3 heterocycles. The van der Waals surface area contributed by atoms with Gasteiger partial charge in [-0.1, -0.05) is 0 Å². The van der Waals surface area contributed by atoms with Crippen molar-refractivity contribution in [1.82, 2.24) is 14.9 Å². The highest BCUT2D eigenvalue weighted by molar-refractivity contribution is 5.62. The van der Waals surface area contributed by atoms with Crippen molar-refractivity contribution in [3.63, 3.8) is 0 Å². The summed E-state index contributed by atoms with van der Waals surface area (Å²) in [6, 6.07) is 0. The van der Waals surface area contributed by atoms with E-state index in [0.29, 0.717) is 11.5 Å². The highest BCUT2D eigenvalue weighted by Crippen LogP contribution is 2.35. The Bertz CT molecular complexity index is 519. The smallest absolute Gasteiger partial charge is 0.165 e. The zero-order valence-corrected chi connectivity index (χ0v) is 10.5. The maximum atomic E-state index is 10.0. The molecule has 3 rings (SSSR count). The van der Waals surface area contributed by atoms with Gasteiger partial charge in [0.25, 0.3) is 0 Å². The van der Waals surface area contributed by atoms with Crippen LogP contribution in [0.4, 0.5) is 5.82 Å². The molecule has 0 amide bonds. The first-order valence-electron chi connectivity index (χ1n) is 6.26. The molecule has 1 aromatic heterocycles. The number of nitrogens with zero attached hydrogens (tertiary/aromatic N) is 3. The number of β-amino-alcohol motifs (C(OH)–C–C–N with tert-alkyl or cyclic N) is 1. The van der Waals surface area contributed by atoms with Crippen molar-refractivity contribution in [2.75, 3.05) is 13.2 Å². The van der Waals surface area contributed by atoms with Crippen LogP contribution < -0.4 is 5.32 Å². The number of aliphatic hydroxyl groups excluding tert-OH is 4. The van der Waals surface area contributed by atoms with E-state index in [-0.39, 0.29) is 6.54 Å². The predicted molar refractivity (Wildman–Crippen MR) is 66.4 cm³/mol. The zero-order valence-electron chi connectivity index (χ0n) is 10.5. The predicted octanol–water partition coefficient (Wildman–Crippen LogP) is -2.21. The summed E-state index contributed by atoms with van der Waals surface area (Å²) >= 11 is 0. The fourth-order valence-corrected chi connectivity index (χ4v) is 2.40. The van der Waals surface area contributed by atoms with E-state index in [1.807, 2.05) is 0 Å². The standard InChI is InChI=1S/C11H16N4O5/c16-2-6-8(18)9(19)11(20-6)15-4-14-7-5(17)1-12-3-13-10(7)15/h3-6,8-9,11,16-19H,1-2H2,(H,12,13)/t5-,6-,8?,9?,11-/m1/s1. The van der Waals surface area contributed by atoms with Gasteiger partial charge in [-0.3, -0.25) is 4.57 Å². The first-order valence-corrected chi connectivity index (χ1v) is 6.26. The molecule has 20 heavy (non-hydrogen) atoms. The molecule has 2 aliphatic rings. The average molecular weight is 284 g/mol. The molecule has 0 aliphatic carbocycles. The quantitative estimate of drug-likeness (QED) is 0.416. The van der Waals surface area contributed by atoms with Gasteiger partial charge in [-0.2, -0.15) is 0 Å². The number of imidazole rings is 1. The third kappa shape index (κ3) is 2.00. The van der Waals surface area contributed by atoms with Gasteiger partial charge in [-0.15, -0.1) is 0 Å². The van der Waals surface area contributed by atoms with Gasteiger partial charge in [0.1, 0.15) is 30.1 Å². The van der Waals surface area contributed by atoms with Crippen LogP contribution in [0.25, 0.3) is 0 Å². The first-order chi connectivity index (χ1) is 9.63. The van der Waals surface area contributed by atoms with Crippen LogP contribution in [-0.2, 0) is 4.74 Å². The number of aliphatic hydroxyl groups is 4. The average Bonchev–Trinajstić information content (AvgIpc) is 2.92. The van der Waals surface area contributed by atoms with Gasteiger partial charge in [-0.25, -0.2) is 9.98 Å². The maximum absolute atomic E-state index is 10.0. The maximum Gasteiger partial charge on any atom is 0.165 e. The third-order valence-electron chi connectivity index (χ3n) is 3.49. The number of rotatable bonds is 2. The molecule has 5 N–H and O–H groups in total. The van der Waals surface area contributed by atoms with E-state index in [0.717, 1.165) is 0 Å². The number of aliphatic imine (C=N–C) groups is 1. The zero-order chi connectivity index (χ0) is 14.3. The van der Waals surface area contributed by atoms with Crippen LogP contribution in [0.2, 0.25) is 0 Å². The Hall–Kier alpha value is -1.52. The molecule has 9 heteroatoms. The van der Waals surface area contributed by atoms with Crippen LogP contribution in [0.5, 0.6) is 0 Å². The van der Waals surface area contributed by atoms with Crippen molar-refractivity contribution in [2.24, 2.45) is 4.99 Å². The van der Waals surface area contributed by atoms with Crippen molar-refractivity contribution in [3.05, 3.63) is 12.0 Å². The minimum Gasteiger partial charge on any atom is -0.394 e. The number of aromatic nitrogens is 2. The van der Waals surface area contributed by atoms with E-state index >= 15 is 0 Å². The lowest BCUT2D eigenvalue weighted by Crippen LogP contribution is -2.33. The molecular formula is C11H16N4O5. The molecule has 1 saturated heterocycles. The van der Waals surface area contributed by atoms with Gasteiger partial charge in [0.15, 0.2) is 12.0 Å². The summed E-state index contributed by atoms with van der Waals surface area (Å²) in [5.74, 6) is 0.345. The Kier molecular flexibility index (Phi) is 3.44. The third-order valence-corrected chi connectivity index (χ3v) is 3.49. The Morgan fingerprint density at radius 1 is 1.35 bits per heavy atom. The highest BCUT2D eigenvalue weighted by atomic mass is 16.6. The molecule has 0 radical (unpaired) electrons. The Morgan fingerprint density at radius 2 is 2.15 bits per heavy atom. The van der Waals surface area contributed by atoms with Gasteiger partial charge in [-0.05, 0) is 0 Å². The molecule has 0 saturated carbocycles. The number of fused-ring (bicyclic) bond motifs is 1. The molecule has 0 bridgehead atoms. The number of ether oxygens (including phenoxy) is 1. The molecule has 0 spiro atoms. The fraction of sp³-hybridized carbons (Fsp3) is 0.636. The summed E-state index contributed by atoms with van der Waals surface area (Å²) in [5.41, 5.74) is 0.365. The molecule has 2 aliphatic heterocycles. The second-order valence-electron chi connectivity index (χ2n) is 4.77. The van der Waals surface area contributed by atoms with Crippen molar-refractivity contribution in [1.29, 1.82) is 0 Å². The van der Waals surface area contributed by atoms with Crippen LogP contribution in [0.3, 0.4) is 0 Å². The Labute approximate surface area is 114 Å². The lowest BCUT2D eigenvalue weighted by molar-refractivity contribution is -0.0520. The first kappa shape index (κ1) is 13.5. The number of hydrogen-bond acceptors (Lipinski definition) is 8. The molecular weight excluding hydrogens is 268 g/mol. The van der Waals surface area contributed by atoms with Crippen molar-refractivity contribution >= 4 is 12.2 Å². The van der Waals surface area contributed by atoms with E-state index in [1.54, 1.807) is 0 Å². The summed E-state index contributed by atoms with van der Waals surface area (Å²) in [5, 5.41) is 41.6. The minimum atomic E-state index is -1.21. The van der Waals surface area contributed by atoms with Gasteiger partial charge in [0.2, 0.25) is 0 Å². The monoisotopic (exact) mass is 284 g/mol. The minimum absolute atomic E-state index is 0.281. The van der Waals surface area contributed by atoms with E-state index in [1.165, 1.54) is 17.2 Å². The molecule has 1 aromatic rings. The lowest BCUT2D eigenvalue weighted by Gasteiger charge is -2.17. The van der Waals surface area contributed by atoms with Crippen LogP contribution in [-0.4, -0.2) is 67.8 Å². The van der Waals surface area contributed by atoms with Gasteiger partial charge in [0.05, 0.1) is 19.3 Å². The van der Waals surface area contributed by atoms with Crippen LogP contribution in [0.15, 0.2) is 11.3 Å². The SMILES string of the molecule is OC[C@H]1O[C@@H](n2cnc3c2N=CNC[C@H]3O)C(O)C1O. The molecule has 0 aromatic carbocycles. The van der Waals surface area contributed by atoms with Crippen molar-refractivity contribution in [3.8, 4) is 0 Å². The van der Waals surface area contributed by atoms with Crippen molar-refractivity contribution < 1.29 is 25.2 Å². The number of hydrogen-bond donors (Lipinski definition) is 5. The summed E-state index contributed by atoms with van der Waals surface area (Å²) in [7, 11) is 0. The van der Waals surface area contributed by atoms with Gasteiger partial charge in [0, 0.05) is 6.54 Å². The number of nitrogens with one attached hydrogen (secondary N) is 1. The van der Waals surface area contributed by atoms with Gasteiger partial charge < -0.3 is 30.5 Å². The van der Waals surface area contributed by atoms with E-state index in [2.05, 4.69) is 15.3 Å². The highest BCUT2D eigenvalue weighted by Gasteiger charge is 2.44. The molecule has 1 fully saturated rings. The second kappa shape index (κ2) is 5.11. The molecule has 9 nitrogen and oxygen atoms in total. The summed E-state index contributed by atoms with van der Waals surface area (Å²) in [4.78, 5) is 8.20. The lowest BCUT2D eigenvalue weighted by atomic mass is 10.1. The fourth-order valence-electron chi connectivity index (χ4n) is 2.40. The summed E-state index contributed by atoms with van der Waals surface area (Å²) in [6.07, 6.45) is -2.21. The molecule has 5 atom stereocenters. The Morgan fingerprint density at radius 3 is 2.85 bits per heavy atom. The molecule has 2 unspecified atom stereocenters. The summed E-state index contributed by atoms with van der Waals surface area (Å²) in [6.45, 7) is -0.122. The van der Waals surface area contributed by atoms with Crippen LogP contribution >= 0.6 is 0 Å². The molecule has 110 valence electrons. The largest absolute Gasteiger partial charge is 0.394 e. The normalized spacial score (nSPS) is 36.5. The van der Waals surface area contributed by atoms with Crippen LogP contribution in [0.1, 0.15) is 18.0 Å². The topological polar surface area (TPSA) is 132 Å². The van der Waals surface area contributed by atoms with Gasteiger partial charge >= 0.3 is 0 Å². The van der Waals surface area contributed by atoms with E-state index < -0.39 is 37.3 Å². The second-order valence-corrected chi connectivity index (χ2v) is 4.77. The van der Waals surface area contributed by atoms with E-state index in [4.69, 9.17) is 9.84 Å². The van der Waals surface area contributed by atoms with Crippen LogP contribution in [0, 0.1) is 0 Å². The summed E-state index contributed by atoms with van der Waals surface area (Å²) < 4.78 is 6.85. The van der Waals surface area contributed by atoms with Crippen molar-refractivity contribution in [2.45, 2.75) is 30.6 Å².